The van der Waals surface area contributed by atoms with Crippen molar-refractivity contribution in [3.8, 4) is 0 Å². The molecule has 4 nitrogen and oxygen atoms in total. The highest BCUT2D eigenvalue weighted by molar-refractivity contribution is 7.19. The summed E-state index contributed by atoms with van der Waals surface area (Å²) < 4.78 is 19.0. The maximum atomic E-state index is 12.7. The van der Waals surface area contributed by atoms with Gasteiger partial charge in [-0.05, 0) is 31.0 Å². The average Bonchev–Trinajstić information content (AvgIpc) is 3.15. The Balaban J connectivity index is 1.95. The second-order valence-corrected chi connectivity index (χ2v) is 6.86. The lowest BCUT2D eigenvalue weighted by Gasteiger charge is -2.06. The molecule has 23 heavy (non-hydrogen) atoms. The predicted octanol–water partition coefficient (Wildman–Crippen LogP) is 4.30. The third kappa shape index (κ3) is 3.49. The van der Waals surface area contributed by atoms with Gasteiger partial charge in [-0.1, -0.05) is 11.6 Å². The maximum Gasteiger partial charge on any atom is 0.131 e. The summed E-state index contributed by atoms with van der Waals surface area (Å²) >= 11 is 7.72. The van der Waals surface area contributed by atoms with Crippen molar-refractivity contribution in [1.82, 2.24) is 4.98 Å². The fourth-order valence-corrected chi connectivity index (χ4v) is 3.93. The SMILES string of the molecule is Cc1c(C[C@@H](N)CF)sc2c(NCc3ccco3)cc(Cl)nc12. The first-order valence-corrected chi connectivity index (χ1v) is 8.44. The van der Waals surface area contributed by atoms with E-state index in [9.17, 15) is 4.39 Å². The smallest absolute Gasteiger partial charge is 0.131 e. The summed E-state index contributed by atoms with van der Waals surface area (Å²) in [4.78, 5) is 5.46. The number of nitrogens with zero attached hydrogens (tertiary/aromatic N) is 1. The van der Waals surface area contributed by atoms with Gasteiger partial charge >= 0.3 is 0 Å². The summed E-state index contributed by atoms with van der Waals surface area (Å²) in [6, 6.07) is 5.05. The van der Waals surface area contributed by atoms with Crippen LogP contribution >= 0.6 is 22.9 Å². The molecule has 0 spiro atoms. The Kier molecular flexibility index (Phi) is 4.84. The molecule has 3 aromatic rings. The number of pyridine rings is 1. The van der Waals surface area contributed by atoms with E-state index in [0.717, 1.165) is 32.1 Å². The van der Waals surface area contributed by atoms with Gasteiger partial charge in [0.05, 0.1) is 28.7 Å². The molecule has 7 heteroatoms. The third-order valence-electron chi connectivity index (χ3n) is 3.62. The topological polar surface area (TPSA) is 64.1 Å². The van der Waals surface area contributed by atoms with E-state index < -0.39 is 12.7 Å². The first-order chi connectivity index (χ1) is 11.1. The van der Waals surface area contributed by atoms with Gasteiger partial charge in [0.1, 0.15) is 17.6 Å². The number of hydrogen-bond acceptors (Lipinski definition) is 5. The van der Waals surface area contributed by atoms with Crippen LogP contribution in [-0.2, 0) is 13.0 Å². The van der Waals surface area contributed by atoms with E-state index in [-0.39, 0.29) is 0 Å². The standard InChI is InChI=1S/C16H17ClFN3OS/c1-9-13(5-10(19)7-18)23-16-12(6-14(17)21-15(9)16)20-8-11-3-2-4-22-11/h2-4,6,10H,5,7-8,19H2,1H3,(H,20,21)/t10-/m1/s1. The third-order valence-corrected chi connectivity index (χ3v) is 5.15. The Bertz CT molecular complexity index is 803. The van der Waals surface area contributed by atoms with Crippen LogP contribution in [0.4, 0.5) is 10.1 Å². The number of halogens is 2. The molecule has 0 aliphatic heterocycles. The van der Waals surface area contributed by atoms with Crippen molar-refractivity contribution < 1.29 is 8.81 Å². The van der Waals surface area contributed by atoms with Crippen LogP contribution in [0.15, 0.2) is 28.9 Å². The summed E-state index contributed by atoms with van der Waals surface area (Å²) in [6.45, 7) is 1.99. The highest BCUT2D eigenvalue weighted by Gasteiger charge is 2.16. The minimum Gasteiger partial charge on any atom is -0.467 e. The lowest BCUT2D eigenvalue weighted by atomic mass is 10.1. The Labute approximate surface area is 142 Å². The zero-order chi connectivity index (χ0) is 16.4. The second kappa shape index (κ2) is 6.86. The molecule has 3 aromatic heterocycles. The Morgan fingerprint density at radius 3 is 3.04 bits per heavy atom. The molecular weight excluding hydrogens is 337 g/mol. The van der Waals surface area contributed by atoms with Crippen LogP contribution in [0.3, 0.4) is 0 Å². The molecule has 0 amide bonds. The molecule has 0 unspecified atom stereocenters. The molecule has 0 saturated carbocycles. The average molecular weight is 354 g/mol. The van der Waals surface area contributed by atoms with Crippen molar-refractivity contribution in [2.75, 3.05) is 12.0 Å². The van der Waals surface area contributed by atoms with Gasteiger partial charge in [0.15, 0.2) is 0 Å². The van der Waals surface area contributed by atoms with Crippen LogP contribution in [0.2, 0.25) is 5.15 Å². The summed E-state index contributed by atoms with van der Waals surface area (Å²) in [7, 11) is 0. The number of nitrogens with two attached hydrogens (primary N) is 1. The van der Waals surface area contributed by atoms with E-state index in [1.165, 1.54) is 0 Å². The number of rotatable bonds is 6. The van der Waals surface area contributed by atoms with Crippen molar-refractivity contribution in [2.24, 2.45) is 5.73 Å². The molecule has 0 fully saturated rings. The fourth-order valence-electron chi connectivity index (χ4n) is 2.41. The van der Waals surface area contributed by atoms with E-state index in [1.807, 2.05) is 19.1 Å². The number of aryl methyl sites for hydroxylation is 1. The molecule has 0 bridgehead atoms. The minimum atomic E-state index is -0.536. The minimum absolute atomic E-state index is 0.418. The van der Waals surface area contributed by atoms with Gasteiger partial charge in [-0.3, -0.25) is 0 Å². The summed E-state index contributed by atoms with van der Waals surface area (Å²) in [5.41, 5.74) is 8.49. The Hall–Kier alpha value is -1.63. The molecular formula is C16H17ClFN3OS. The van der Waals surface area contributed by atoms with Gasteiger partial charge in [0, 0.05) is 17.0 Å². The number of aromatic nitrogens is 1. The van der Waals surface area contributed by atoms with Crippen LogP contribution in [0, 0.1) is 6.92 Å². The highest BCUT2D eigenvalue weighted by atomic mass is 35.5. The van der Waals surface area contributed by atoms with E-state index >= 15 is 0 Å². The summed E-state index contributed by atoms with van der Waals surface area (Å²) in [5.74, 6) is 0.832. The molecule has 0 radical (unpaired) electrons. The van der Waals surface area contributed by atoms with Gasteiger partial charge in [-0.15, -0.1) is 11.3 Å². The Morgan fingerprint density at radius 1 is 1.52 bits per heavy atom. The largest absolute Gasteiger partial charge is 0.467 e. The van der Waals surface area contributed by atoms with E-state index in [1.54, 1.807) is 23.7 Å². The molecule has 3 heterocycles. The van der Waals surface area contributed by atoms with Gasteiger partial charge in [-0.2, -0.15) is 0 Å². The molecule has 1 atom stereocenters. The number of furan rings is 1. The van der Waals surface area contributed by atoms with Crippen LogP contribution < -0.4 is 11.1 Å². The van der Waals surface area contributed by atoms with Crippen LogP contribution in [0.1, 0.15) is 16.2 Å². The van der Waals surface area contributed by atoms with E-state index in [2.05, 4.69) is 10.3 Å². The number of fused-ring (bicyclic) bond motifs is 1. The monoisotopic (exact) mass is 353 g/mol. The molecule has 0 aromatic carbocycles. The van der Waals surface area contributed by atoms with Gasteiger partial charge in [0.25, 0.3) is 0 Å². The highest BCUT2D eigenvalue weighted by Crippen LogP contribution is 2.37. The van der Waals surface area contributed by atoms with Crippen LogP contribution in [0.5, 0.6) is 0 Å². The van der Waals surface area contributed by atoms with Crippen LogP contribution in [-0.4, -0.2) is 17.7 Å². The normalized spacial score (nSPS) is 12.7. The zero-order valence-corrected chi connectivity index (χ0v) is 14.2. The van der Waals surface area contributed by atoms with Gasteiger partial charge in [0.2, 0.25) is 0 Å². The molecule has 122 valence electrons. The van der Waals surface area contributed by atoms with Crippen molar-refractivity contribution in [1.29, 1.82) is 0 Å². The quantitative estimate of drug-likeness (QED) is 0.648. The van der Waals surface area contributed by atoms with Gasteiger partial charge in [-0.25, -0.2) is 9.37 Å². The maximum absolute atomic E-state index is 12.7. The second-order valence-electron chi connectivity index (χ2n) is 5.37. The molecule has 3 N–H and O–H groups in total. The fraction of sp³-hybridized carbons (Fsp3) is 0.312. The zero-order valence-electron chi connectivity index (χ0n) is 12.6. The summed E-state index contributed by atoms with van der Waals surface area (Å²) in [5, 5.41) is 3.74. The first-order valence-electron chi connectivity index (χ1n) is 7.24. The van der Waals surface area contributed by atoms with E-state index in [4.69, 9.17) is 21.8 Å². The first kappa shape index (κ1) is 16.2. The van der Waals surface area contributed by atoms with Crippen molar-refractivity contribution >= 4 is 38.8 Å². The van der Waals surface area contributed by atoms with Crippen molar-refractivity contribution in [2.45, 2.75) is 25.9 Å². The van der Waals surface area contributed by atoms with Crippen LogP contribution in [0.25, 0.3) is 10.2 Å². The number of anilines is 1. The lowest BCUT2D eigenvalue weighted by Crippen LogP contribution is -2.24. The number of thiophene rings is 1. The molecule has 0 aliphatic carbocycles. The Morgan fingerprint density at radius 2 is 2.35 bits per heavy atom. The molecule has 0 aliphatic rings. The molecule has 0 saturated heterocycles. The molecule has 3 rings (SSSR count). The predicted molar refractivity (Wildman–Crippen MR) is 93.1 cm³/mol. The van der Waals surface area contributed by atoms with Crippen molar-refractivity contribution in [3.63, 3.8) is 0 Å². The van der Waals surface area contributed by atoms with Crippen molar-refractivity contribution in [3.05, 3.63) is 45.8 Å². The van der Waals surface area contributed by atoms with Gasteiger partial charge < -0.3 is 15.5 Å². The number of alkyl halides is 1. The summed E-state index contributed by atoms with van der Waals surface area (Å²) in [6.07, 6.45) is 2.14. The lowest BCUT2D eigenvalue weighted by molar-refractivity contribution is 0.428. The number of hydrogen-bond donors (Lipinski definition) is 2. The number of nitrogens with one attached hydrogen (secondary N) is 1. The van der Waals surface area contributed by atoms with E-state index in [0.29, 0.717) is 18.1 Å².